The van der Waals surface area contributed by atoms with E-state index in [-0.39, 0.29) is 29.5 Å². The lowest BCUT2D eigenvalue weighted by atomic mass is 9.56. The van der Waals surface area contributed by atoms with Crippen LogP contribution in [0.2, 0.25) is 0 Å². The van der Waals surface area contributed by atoms with Crippen LogP contribution in [0.15, 0.2) is 64.9 Å². The number of aliphatic hydroxyl groups excluding tert-OH is 1. The average Bonchev–Trinajstić information content (AvgIpc) is 3.77. The molecule has 6 atom stereocenters. The predicted molar refractivity (Wildman–Crippen MR) is 179 cm³/mol. The number of hydrogen-bond acceptors (Lipinski definition) is 7. The zero-order valence-electron chi connectivity index (χ0n) is 27.1. The zero-order valence-corrected chi connectivity index (χ0v) is 27.1. The number of fused-ring (bicyclic) bond motifs is 3. The maximum absolute atomic E-state index is 12.5. The van der Waals surface area contributed by atoms with Crippen molar-refractivity contribution in [1.29, 1.82) is 0 Å². The Morgan fingerprint density at radius 2 is 2.15 bits per heavy atom. The van der Waals surface area contributed by atoms with Crippen LogP contribution in [0, 0.1) is 5.92 Å². The molecule has 2 aliphatic carbocycles. The number of hydrogen-bond donors (Lipinski definition) is 5. The van der Waals surface area contributed by atoms with Gasteiger partial charge in [0.25, 0.3) is 0 Å². The smallest absolute Gasteiger partial charge is 0.227 e. The molecule has 0 amide bonds. The Morgan fingerprint density at radius 3 is 3.02 bits per heavy atom. The molecule has 0 spiro atoms. The highest BCUT2D eigenvalue weighted by atomic mass is 16.5. The number of nitrogens with zero attached hydrogens (tertiary/aromatic N) is 1. The number of quaternary nitrogens is 1. The van der Waals surface area contributed by atoms with Crippen molar-refractivity contribution < 1.29 is 24.6 Å². The van der Waals surface area contributed by atoms with Gasteiger partial charge in [-0.3, -0.25) is 20.0 Å². The van der Waals surface area contributed by atoms with E-state index in [1.54, 1.807) is 6.07 Å². The third kappa shape index (κ3) is 5.74. The van der Waals surface area contributed by atoms with Gasteiger partial charge in [0.05, 0.1) is 17.8 Å². The Balaban J connectivity index is 1.02. The lowest BCUT2D eigenvalue weighted by Crippen LogP contribution is -3.07. The Morgan fingerprint density at radius 1 is 1.26 bits per heavy atom. The molecule has 8 nitrogen and oxygen atoms in total. The standard InChI is InChI=1S/C38H48N4O4/c1-2-3-4-8-27(43)18-28(44)13-11-24-12-14-34(45)35(16-24)46-23-42-21-30-32(20-40-33(30)22-42)38-15-6-7-26(38)17-25-19-41-37(39)29-9-5-10-31(38)36(25)29/h5,9-10,12,14,16,20-21,25-27,37,41,43,45H,2-4,6-8,11,13,15,17-19,22-23,39H2,1H3/p+1. The zero-order chi connectivity index (χ0) is 31.8. The summed E-state index contributed by atoms with van der Waals surface area (Å²) < 4.78 is 6.19. The first kappa shape index (κ1) is 31.3. The summed E-state index contributed by atoms with van der Waals surface area (Å²) in [5.74, 6) is 1.70. The number of aliphatic imine (C=N–C) groups is 1. The number of aliphatic hydroxyl groups is 1. The van der Waals surface area contributed by atoms with E-state index in [1.807, 2.05) is 12.1 Å². The van der Waals surface area contributed by atoms with Crippen LogP contribution in [0.1, 0.15) is 105 Å². The van der Waals surface area contributed by atoms with E-state index in [2.05, 4.69) is 42.8 Å². The number of allylic oxidation sites excluding steroid dienone is 1. The SMILES string of the molecule is CCCCCC(O)CC(=O)CCc1ccc(O)c(OC[NH+]2C=C3C(C45CCCC4CC4CNC(N)c6cccc5c64)=CN=C3C2)c1. The molecule has 0 bridgehead atoms. The van der Waals surface area contributed by atoms with Crippen molar-refractivity contribution in [3.8, 4) is 11.5 Å². The lowest BCUT2D eigenvalue weighted by molar-refractivity contribution is -0.851. The van der Waals surface area contributed by atoms with Crippen molar-refractivity contribution in [1.82, 2.24) is 5.32 Å². The lowest BCUT2D eigenvalue weighted by Gasteiger charge is -2.48. The maximum atomic E-state index is 12.5. The van der Waals surface area contributed by atoms with Crippen molar-refractivity contribution in [3.05, 3.63) is 82.2 Å². The fraction of sp³-hybridized carbons (Fsp3) is 0.526. The van der Waals surface area contributed by atoms with Crippen LogP contribution in [0.3, 0.4) is 0 Å². The molecule has 7 rings (SSSR count). The van der Waals surface area contributed by atoms with Gasteiger partial charge in [0.15, 0.2) is 11.5 Å². The van der Waals surface area contributed by atoms with Gasteiger partial charge < -0.3 is 20.7 Å². The number of aromatic hydroxyl groups is 1. The molecule has 2 aromatic carbocycles. The van der Waals surface area contributed by atoms with Crippen molar-refractivity contribution >= 4 is 11.5 Å². The fourth-order valence-electron chi connectivity index (χ4n) is 9.01. The highest BCUT2D eigenvalue weighted by Crippen LogP contribution is 2.61. The molecule has 1 fully saturated rings. The van der Waals surface area contributed by atoms with E-state index in [0.717, 1.165) is 54.9 Å². The van der Waals surface area contributed by atoms with E-state index in [9.17, 15) is 15.0 Å². The largest absolute Gasteiger partial charge is 0.504 e. The van der Waals surface area contributed by atoms with Gasteiger partial charge in [-0.05, 0) is 83.9 Å². The highest BCUT2D eigenvalue weighted by molar-refractivity contribution is 6.08. The summed E-state index contributed by atoms with van der Waals surface area (Å²) in [6.45, 7) is 4.19. The van der Waals surface area contributed by atoms with Gasteiger partial charge in [0.2, 0.25) is 6.73 Å². The Labute approximate surface area is 272 Å². The average molecular weight is 626 g/mol. The monoisotopic (exact) mass is 625 g/mol. The highest BCUT2D eigenvalue weighted by Gasteiger charge is 2.55. The minimum Gasteiger partial charge on any atom is -0.504 e. The van der Waals surface area contributed by atoms with Gasteiger partial charge in [0, 0.05) is 31.0 Å². The van der Waals surface area contributed by atoms with Gasteiger partial charge in [-0.25, -0.2) is 0 Å². The first-order valence-corrected chi connectivity index (χ1v) is 17.5. The van der Waals surface area contributed by atoms with E-state index in [0.29, 0.717) is 43.6 Å². The topological polar surface area (TPSA) is 122 Å². The molecule has 46 heavy (non-hydrogen) atoms. The van der Waals surface area contributed by atoms with Crippen LogP contribution >= 0.6 is 0 Å². The maximum Gasteiger partial charge on any atom is 0.227 e. The molecule has 3 heterocycles. The first-order valence-electron chi connectivity index (χ1n) is 17.5. The van der Waals surface area contributed by atoms with Crippen molar-refractivity contribution in [2.45, 2.75) is 101 Å². The van der Waals surface area contributed by atoms with Crippen molar-refractivity contribution in [2.75, 3.05) is 19.8 Å². The molecule has 0 radical (unpaired) electrons. The van der Waals surface area contributed by atoms with Gasteiger partial charge in [-0.15, -0.1) is 0 Å². The summed E-state index contributed by atoms with van der Waals surface area (Å²) in [7, 11) is 0. The number of benzene rings is 2. The normalized spacial score (nSPS) is 28.1. The van der Waals surface area contributed by atoms with E-state index in [4.69, 9.17) is 15.5 Å². The molecule has 1 saturated carbocycles. The van der Waals surface area contributed by atoms with Gasteiger partial charge in [-0.1, -0.05) is 56.9 Å². The van der Waals surface area contributed by atoms with Gasteiger partial charge >= 0.3 is 0 Å². The van der Waals surface area contributed by atoms with Gasteiger partial charge in [0.1, 0.15) is 24.2 Å². The van der Waals surface area contributed by atoms with E-state index >= 15 is 0 Å². The summed E-state index contributed by atoms with van der Waals surface area (Å²) in [4.78, 5) is 18.6. The second-order valence-electron chi connectivity index (χ2n) is 14.2. The first-order chi connectivity index (χ1) is 22.4. The summed E-state index contributed by atoms with van der Waals surface area (Å²) in [5.41, 5.74) is 15.4. The number of unbranched alkanes of at least 4 members (excludes halogenated alkanes) is 2. The second kappa shape index (κ2) is 13.1. The molecule has 3 aliphatic heterocycles. The van der Waals surface area contributed by atoms with E-state index < -0.39 is 6.10 Å². The van der Waals surface area contributed by atoms with Crippen LogP contribution in [-0.4, -0.2) is 47.6 Å². The Bertz CT molecular complexity index is 1580. The summed E-state index contributed by atoms with van der Waals surface area (Å²) in [6.07, 6.45) is 13.5. The number of nitrogens with two attached hydrogens (primary N) is 1. The molecule has 0 aromatic heterocycles. The third-order valence-electron chi connectivity index (χ3n) is 11.2. The molecule has 2 aromatic rings. The fourth-order valence-corrected chi connectivity index (χ4v) is 9.01. The molecule has 6 unspecified atom stereocenters. The molecule has 244 valence electrons. The number of nitrogens with one attached hydrogen (secondary N) is 2. The Kier molecular flexibility index (Phi) is 8.89. The van der Waals surface area contributed by atoms with Crippen molar-refractivity contribution in [2.24, 2.45) is 16.6 Å². The summed E-state index contributed by atoms with van der Waals surface area (Å²) in [5, 5.41) is 24.3. The van der Waals surface area contributed by atoms with Crippen LogP contribution < -0.4 is 20.7 Å². The summed E-state index contributed by atoms with van der Waals surface area (Å²) in [6, 6.07) is 12.1. The van der Waals surface area contributed by atoms with Crippen LogP contribution in [0.4, 0.5) is 0 Å². The number of Topliss-reactive ketones (excluding diaryl/α,β-unsaturated/α-hetero) is 1. The number of carbonyl (C=O) groups excluding carboxylic acids is 1. The Hall–Kier alpha value is -3.30. The number of phenols is 1. The van der Waals surface area contributed by atoms with E-state index in [1.165, 1.54) is 47.1 Å². The number of carbonyl (C=O) groups is 1. The number of ketones is 1. The number of ether oxygens (including phenoxy) is 1. The predicted octanol–water partition coefficient (Wildman–Crippen LogP) is 4.47. The molecular weight excluding hydrogens is 576 g/mol. The molecule has 6 N–H and O–H groups in total. The minimum atomic E-state index is -0.558. The number of aryl methyl sites for hydroxylation is 1. The molecule has 5 aliphatic rings. The number of phenolic OH excluding ortho intramolecular Hbond substituents is 1. The van der Waals surface area contributed by atoms with Gasteiger partial charge in [-0.2, -0.15) is 0 Å². The minimum absolute atomic E-state index is 0.0259. The van der Waals surface area contributed by atoms with Crippen LogP contribution in [-0.2, 0) is 16.6 Å². The third-order valence-corrected chi connectivity index (χ3v) is 11.2. The van der Waals surface area contributed by atoms with Crippen molar-refractivity contribution in [3.63, 3.8) is 0 Å². The molecular formula is C38H49N4O4+. The second-order valence-corrected chi connectivity index (χ2v) is 14.2. The number of rotatable bonds is 13. The van der Waals surface area contributed by atoms with Crippen LogP contribution in [0.25, 0.3) is 0 Å². The van der Waals surface area contributed by atoms with Crippen LogP contribution in [0.5, 0.6) is 11.5 Å². The molecule has 0 saturated heterocycles. The summed E-state index contributed by atoms with van der Waals surface area (Å²) >= 11 is 0. The quantitative estimate of drug-likeness (QED) is 0.210. The molecule has 8 heteroatoms.